The van der Waals surface area contributed by atoms with Crippen LogP contribution in [0.5, 0.6) is 0 Å². The average Bonchev–Trinajstić information content (AvgIpc) is 1.69. The van der Waals surface area contributed by atoms with Gasteiger partial charge in [-0.25, -0.2) is 48.2 Å². The van der Waals surface area contributed by atoms with Gasteiger partial charge >= 0.3 is 84.3 Å². The van der Waals surface area contributed by atoms with E-state index in [2.05, 4.69) is 132 Å². The van der Waals surface area contributed by atoms with Crippen LogP contribution in [0.25, 0.3) is 80.9 Å². The van der Waals surface area contributed by atoms with Gasteiger partial charge in [0.05, 0.1) is 64.9 Å². The van der Waals surface area contributed by atoms with Gasteiger partial charge in [0.15, 0.2) is 11.3 Å². The Balaban J connectivity index is -0.000000481. The fraction of sp³-hybridized carbons (Fsp3) is 0.234. The van der Waals surface area contributed by atoms with Crippen LogP contribution in [0.4, 0.5) is 0 Å². The number of allylic oxidation sites excluding steroid dienone is 1. The van der Waals surface area contributed by atoms with Crippen molar-refractivity contribution in [2.75, 3.05) is 0 Å². The summed E-state index contributed by atoms with van der Waals surface area (Å²) in [5.41, 5.74) is 10.3. The quantitative estimate of drug-likeness (QED) is 0.148. The molecule has 31 nitrogen and oxygen atoms in total. The smallest absolute Gasteiger partial charge is 0.749 e. The molecule has 0 spiro atoms. The monoisotopic (exact) mass is 2650 g/mol. The number of fused-ring (bicyclic) bond motifs is 10. The summed E-state index contributed by atoms with van der Waals surface area (Å²) in [7, 11) is 0. The Hall–Kier alpha value is -14.5. The van der Waals surface area contributed by atoms with Gasteiger partial charge in [0.2, 0.25) is 0 Å². The molecule has 23 aromatic rings. The van der Waals surface area contributed by atoms with Crippen molar-refractivity contribution in [3.63, 3.8) is 0 Å². The van der Waals surface area contributed by atoms with Crippen molar-refractivity contribution in [2.24, 2.45) is 0 Å². The first-order valence-corrected chi connectivity index (χ1v) is 47.7. The minimum Gasteiger partial charge on any atom is -0.749 e. The van der Waals surface area contributed by atoms with Crippen LogP contribution >= 0.6 is 0 Å². The molecule has 0 bridgehead atoms. The Morgan fingerprint density at radius 1 is 0.322 bits per heavy atom. The number of aromatic nitrogens is 31. The van der Waals surface area contributed by atoms with E-state index in [9.17, 15) is 0 Å². The summed E-state index contributed by atoms with van der Waals surface area (Å²) >= 11 is 0. The zero-order valence-corrected chi connectivity index (χ0v) is 101. The first-order chi connectivity index (χ1) is 70.1. The van der Waals surface area contributed by atoms with Gasteiger partial charge in [-0.3, -0.25) is 55.3 Å². The Bertz CT molecular complexity index is 5700. The third-order valence-electron chi connectivity index (χ3n) is 16.2. The number of nitrogens with zero attached hydrogens (tertiary/aromatic N) is 31. The Labute approximate surface area is 922 Å². The predicted octanol–water partition coefficient (Wildman–Crippen LogP) is 25.6. The topological polar surface area (TPSA) is 293 Å². The Morgan fingerprint density at radius 2 is 0.822 bits per heavy atom. The number of aryl methyl sites for hydroxylation is 3. The number of imidazole rings is 2. The molecule has 0 unspecified atom stereocenters. The van der Waals surface area contributed by atoms with Gasteiger partial charge in [-0.15, -0.1) is 44.8 Å². The largest absolute Gasteiger partial charge is 2.00 e. The van der Waals surface area contributed by atoms with Crippen molar-refractivity contribution in [1.29, 1.82) is 0 Å². The average molecular weight is 2650 g/mol. The van der Waals surface area contributed by atoms with Crippen LogP contribution in [0, 0.1) is 65.8 Å². The van der Waals surface area contributed by atoms with E-state index in [1.54, 1.807) is 126 Å². The zero-order chi connectivity index (χ0) is 105. The molecule has 1 aliphatic rings. The molecule has 0 saturated carbocycles. The van der Waals surface area contributed by atoms with E-state index in [1.165, 1.54) is 39.4 Å². The van der Waals surface area contributed by atoms with Crippen LogP contribution in [0.3, 0.4) is 0 Å². The molecule has 0 saturated heterocycles. The van der Waals surface area contributed by atoms with Crippen molar-refractivity contribution in [3.05, 3.63) is 436 Å². The molecule has 24 rings (SSSR count). The summed E-state index contributed by atoms with van der Waals surface area (Å²) in [4.78, 5) is 27.7. The van der Waals surface area contributed by atoms with Crippen LogP contribution in [0.1, 0.15) is 181 Å². The molecule has 24 heterocycles. The molecule has 768 valence electrons. The van der Waals surface area contributed by atoms with Gasteiger partial charge in [-0.05, 0) is 141 Å². The minimum atomic E-state index is 0. The first-order valence-electron chi connectivity index (χ1n) is 47.7. The van der Waals surface area contributed by atoms with Gasteiger partial charge in [-0.1, -0.05) is 202 Å². The van der Waals surface area contributed by atoms with Crippen LogP contribution < -0.4 is 4.98 Å². The van der Waals surface area contributed by atoms with Gasteiger partial charge < -0.3 is 61.8 Å². The van der Waals surface area contributed by atoms with Crippen molar-refractivity contribution in [3.8, 4) is 0 Å². The molecule has 0 radical (unpaired) electrons. The van der Waals surface area contributed by atoms with Crippen LogP contribution in [-0.4, -0.2) is 144 Å². The maximum absolute atomic E-state index is 5.12. The second kappa shape index (κ2) is 94.1. The van der Waals surface area contributed by atoms with Gasteiger partial charge in [0.1, 0.15) is 29.4 Å². The molecule has 0 atom stereocenters. The predicted molar refractivity (Wildman–Crippen MR) is 585 cm³/mol. The molecule has 0 N–H and O–H groups in total. The summed E-state index contributed by atoms with van der Waals surface area (Å²) in [6, 6.07) is 58.5. The third kappa shape index (κ3) is 53.7. The van der Waals surface area contributed by atoms with Crippen LogP contribution in [0.2, 0.25) is 0 Å². The Kier molecular flexibility index (Phi) is 90.2. The molecule has 146 heavy (non-hydrogen) atoms. The fourth-order valence-corrected chi connectivity index (χ4v) is 10.3. The van der Waals surface area contributed by atoms with Gasteiger partial charge in [0.25, 0.3) is 0 Å². The Morgan fingerprint density at radius 3 is 1.36 bits per heavy atom. The minimum absolute atomic E-state index is 0. The molecule has 0 amide bonds. The van der Waals surface area contributed by atoms with E-state index >= 15 is 0 Å². The van der Waals surface area contributed by atoms with Crippen molar-refractivity contribution in [2.45, 2.75) is 180 Å². The van der Waals surface area contributed by atoms with E-state index in [0.717, 1.165) is 79.9 Å². The normalized spacial score (nSPS) is 8.83. The van der Waals surface area contributed by atoms with Crippen molar-refractivity contribution >= 4 is 80.9 Å². The van der Waals surface area contributed by atoms with Crippen molar-refractivity contribution < 1.29 is 84.3 Å². The SMILES string of the molecule is CC.CC.CC.CC.CC.CC.CC.CC.CC.CC.CC.Cc1nnc2ccccn12.Cc1nnc2n1C=CC2.[CH-]=Cc1ccc[n-]1.[CH-]=Cn1[c-]ccc1.[CH-]=Cn1[c-]ccn1.[CH-]=Cn1[c-]nnc1C.[W+2].[W+2].[W+2].[W+2].c1cc2cnccn2c1.c1ccn2cccc2c1.c1ccn2nccc2c1.c1cn2cncc2cn1.c1cnc2cccn2c1.c1cnc2ccnn2c1.c1cnn2cccc2c1.c1cnn2cncc2c1. The molecule has 1 aliphatic heterocycles. The molecule has 23 aromatic heterocycles. The summed E-state index contributed by atoms with van der Waals surface area (Å²) < 4.78 is 23.6. The van der Waals surface area contributed by atoms with Crippen molar-refractivity contribution in [1.82, 2.24) is 149 Å². The standard InChI is InChI=1S/C8H7N.C7H7N3.4C7H6N2.C6H7N3.3C6H5N3.2C6H5N.C5H5N3.C5H4N2.11C2H6.4W/c1-2-6-9-7-3-5-8(9)4-1;1-6-8-9-7-4-2-3-5-10(6)7;1-3-7-8-4-2-6-9(7)5-1;1-3-7-4-2-6-9(7)8-5-1;1-2-7-6-8-3-5-9(7)4-1;1-2-6-9-7(3-1)4-5-8-9;1-5-7-8-6-3-2-4-9(5)6;1-3-7-6-2-4-8-9(6)5-1;1-2-9-5-8-4-6(9)3-7-1;1-2-6-4-7-5-9(6)8-3-1;1-2-7-5-3-4-6-7;1-2-6-4-3-5-7-6;1-3-8-4-6-7-5(8)2;1-2-7-5-3-4-6-7;11*1-2;;;;/h1-7H;2-5H,1H3;4*1-6H;2,4H,3H2,1H3;3*1-5H;2*1-5H;1,3H,2H3;1-4H;11*1-2H3;;;;/q;;;;;;;;;;4*-2;;;;;;;;;;;;4*+2. The van der Waals surface area contributed by atoms with E-state index in [4.69, 9.17) is 26.3 Å². The zero-order valence-electron chi connectivity index (χ0n) is 89.0. The molecule has 0 aromatic carbocycles. The number of hydrogen-bond donors (Lipinski definition) is 0. The second-order valence-corrected chi connectivity index (χ2v) is 24.1. The second-order valence-electron chi connectivity index (χ2n) is 24.1. The molecule has 0 fully saturated rings. The first kappa shape index (κ1) is 140. The van der Waals surface area contributed by atoms with Gasteiger partial charge in [0, 0.05) is 148 Å². The summed E-state index contributed by atoms with van der Waals surface area (Å²) in [6.07, 6.45) is 69.9. The number of hydrogen-bond acceptors (Lipinski definition) is 17. The molecular weight excluding hydrogens is 2500 g/mol. The summed E-state index contributed by atoms with van der Waals surface area (Å²) in [6.45, 7) is 70.0. The van der Waals surface area contributed by atoms with Gasteiger partial charge in [-0.2, -0.15) is 38.7 Å². The maximum atomic E-state index is 5.12. The van der Waals surface area contributed by atoms with E-state index in [1.807, 2.05) is 442 Å². The maximum Gasteiger partial charge on any atom is 2.00 e. The van der Waals surface area contributed by atoms with E-state index in [0.29, 0.717) is 0 Å². The fourth-order valence-electron chi connectivity index (χ4n) is 10.3. The molecule has 0 aliphatic carbocycles. The summed E-state index contributed by atoms with van der Waals surface area (Å²) in [5.74, 6) is 3.69. The van der Waals surface area contributed by atoms with E-state index in [-0.39, 0.29) is 84.3 Å². The molecule has 35 heteroatoms. The summed E-state index contributed by atoms with van der Waals surface area (Å²) in [5, 5.41) is 42.6. The molecular formula is C111H145N31W4. The number of rotatable bonds is 4. The number of pyridine rings is 3. The van der Waals surface area contributed by atoms with Crippen LogP contribution in [-0.2, 0) is 90.7 Å². The third-order valence-corrected chi connectivity index (χ3v) is 16.2. The van der Waals surface area contributed by atoms with E-state index < -0.39 is 0 Å². The van der Waals surface area contributed by atoms with Crippen LogP contribution in [0.15, 0.2) is 362 Å².